The SMILES string of the molecule is CC(C)(C)NCCCc1ccc2c(c1)NC(=O)CO2. The second-order valence-electron chi connectivity index (χ2n) is 5.95. The Morgan fingerprint density at radius 3 is 2.89 bits per heavy atom. The number of fused-ring (bicyclic) bond motifs is 1. The number of hydrogen-bond donors (Lipinski definition) is 2. The van der Waals surface area contributed by atoms with Crippen LogP contribution in [0, 0.1) is 0 Å². The Morgan fingerprint density at radius 1 is 1.37 bits per heavy atom. The molecule has 0 aliphatic carbocycles. The van der Waals surface area contributed by atoms with Gasteiger partial charge in [0.15, 0.2) is 6.61 Å². The summed E-state index contributed by atoms with van der Waals surface area (Å²) in [5, 5.41) is 6.30. The van der Waals surface area contributed by atoms with Crippen molar-refractivity contribution in [2.75, 3.05) is 18.5 Å². The maximum absolute atomic E-state index is 11.3. The molecule has 1 amide bonds. The fourth-order valence-electron chi connectivity index (χ4n) is 2.04. The van der Waals surface area contributed by atoms with Crippen molar-refractivity contribution in [2.24, 2.45) is 0 Å². The first-order valence-electron chi connectivity index (χ1n) is 6.75. The molecule has 4 nitrogen and oxygen atoms in total. The molecule has 1 aliphatic heterocycles. The van der Waals surface area contributed by atoms with Gasteiger partial charge >= 0.3 is 0 Å². The minimum atomic E-state index is -0.0842. The third-order valence-electron chi connectivity index (χ3n) is 2.97. The maximum atomic E-state index is 11.3. The number of amides is 1. The first-order valence-corrected chi connectivity index (χ1v) is 6.75. The smallest absolute Gasteiger partial charge is 0.262 e. The van der Waals surface area contributed by atoms with Gasteiger partial charge in [-0.2, -0.15) is 0 Å². The molecule has 1 aromatic rings. The van der Waals surface area contributed by atoms with E-state index in [-0.39, 0.29) is 18.1 Å². The van der Waals surface area contributed by atoms with Crippen LogP contribution in [0.3, 0.4) is 0 Å². The van der Waals surface area contributed by atoms with Crippen molar-refractivity contribution in [3.8, 4) is 5.75 Å². The number of aryl methyl sites for hydroxylation is 1. The van der Waals surface area contributed by atoms with Gasteiger partial charge in [0.05, 0.1) is 5.69 Å². The Hall–Kier alpha value is -1.55. The van der Waals surface area contributed by atoms with Crippen molar-refractivity contribution in [3.05, 3.63) is 23.8 Å². The van der Waals surface area contributed by atoms with Crippen LogP contribution in [0.1, 0.15) is 32.8 Å². The molecule has 104 valence electrons. The van der Waals surface area contributed by atoms with E-state index in [4.69, 9.17) is 4.74 Å². The predicted molar refractivity (Wildman–Crippen MR) is 76.6 cm³/mol. The van der Waals surface area contributed by atoms with Gasteiger partial charge in [-0.05, 0) is 57.9 Å². The van der Waals surface area contributed by atoms with Gasteiger partial charge in [0.1, 0.15) is 5.75 Å². The number of carbonyl (C=O) groups excluding carboxylic acids is 1. The summed E-state index contributed by atoms with van der Waals surface area (Å²) in [6, 6.07) is 6.00. The Morgan fingerprint density at radius 2 is 2.16 bits per heavy atom. The number of rotatable bonds is 4. The number of anilines is 1. The number of carbonyl (C=O) groups is 1. The molecular weight excluding hydrogens is 240 g/mol. The monoisotopic (exact) mass is 262 g/mol. The molecular formula is C15H22N2O2. The van der Waals surface area contributed by atoms with Crippen LogP contribution in [-0.2, 0) is 11.2 Å². The molecule has 0 fully saturated rings. The zero-order valence-electron chi connectivity index (χ0n) is 11.9. The van der Waals surface area contributed by atoms with Crippen LogP contribution in [-0.4, -0.2) is 24.6 Å². The zero-order chi connectivity index (χ0) is 13.9. The van der Waals surface area contributed by atoms with Crippen LogP contribution < -0.4 is 15.4 Å². The molecule has 4 heteroatoms. The molecule has 0 saturated heterocycles. The summed E-state index contributed by atoms with van der Waals surface area (Å²) in [6.07, 6.45) is 2.07. The summed E-state index contributed by atoms with van der Waals surface area (Å²) in [5.41, 5.74) is 2.18. The van der Waals surface area contributed by atoms with E-state index >= 15 is 0 Å². The lowest BCUT2D eigenvalue weighted by Gasteiger charge is -2.21. The van der Waals surface area contributed by atoms with Gasteiger partial charge in [-0.3, -0.25) is 4.79 Å². The average Bonchev–Trinajstić information content (AvgIpc) is 2.33. The summed E-state index contributed by atoms with van der Waals surface area (Å²) in [6.45, 7) is 7.60. The van der Waals surface area contributed by atoms with Gasteiger partial charge in [-0.15, -0.1) is 0 Å². The van der Waals surface area contributed by atoms with Crippen molar-refractivity contribution in [1.82, 2.24) is 5.32 Å². The second-order valence-corrected chi connectivity index (χ2v) is 5.95. The predicted octanol–water partition coefficient (Wildman–Crippen LogP) is 2.34. The van der Waals surface area contributed by atoms with Crippen LogP contribution in [0.15, 0.2) is 18.2 Å². The summed E-state index contributed by atoms with van der Waals surface area (Å²) in [7, 11) is 0. The minimum absolute atomic E-state index is 0.0842. The summed E-state index contributed by atoms with van der Waals surface area (Å²) in [4.78, 5) is 11.3. The Balaban J connectivity index is 1.88. The summed E-state index contributed by atoms with van der Waals surface area (Å²) >= 11 is 0. The number of ether oxygens (including phenoxy) is 1. The van der Waals surface area contributed by atoms with E-state index < -0.39 is 0 Å². The molecule has 0 unspecified atom stereocenters. The molecule has 1 aliphatic rings. The molecule has 2 rings (SSSR count). The van der Waals surface area contributed by atoms with Crippen LogP contribution in [0.4, 0.5) is 5.69 Å². The molecule has 1 aromatic carbocycles. The van der Waals surface area contributed by atoms with Gasteiger partial charge in [-0.25, -0.2) is 0 Å². The van der Waals surface area contributed by atoms with Crippen LogP contribution in [0.2, 0.25) is 0 Å². The molecule has 0 radical (unpaired) electrons. The lowest BCUT2D eigenvalue weighted by Crippen LogP contribution is -2.36. The molecule has 2 N–H and O–H groups in total. The highest BCUT2D eigenvalue weighted by molar-refractivity contribution is 5.95. The van der Waals surface area contributed by atoms with Gasteiger partial charge in [0, 0.05) is 5.54 Å². The molecule has 1 heterocycles. The zero-order valence-corrected chi connectivity index (χ0v) is 11.9. The van der Waals surface area contributed by atoms with Crippen LogP contribution in [0.25, 0.3) is 0 Å². The highest BCUT2D eigenvalue weighted by Gasteiger charge is 2.15. The van der Waals surface area contributed by atoms with Crippen LogP contribution in [0.5, 0.6) is 5.75 Å². The van der Waals surface area contributed by atoms with Gasteiger partial charge < -0.3 is 15.4 Å². The van der Waals surface area contributed by atoms with Gasteiger partial charge in [0.25, 0.3) is 5.91 Å². The molecule has 19 heavy (non-hydrogen) atoms. The summed E-state index contributed by atoms with van der Waals surface area (Å²) in [5.74, 6) is 0.676. The van der Waals surface area contributed by atoms with E-state index in [1.807, 2.05) is 12.1 Å². The van der Waals surface area contributed by atoms with E-state index in [1.54, 1.807) is 0 Å². The number of nitrogens with one attached hydrogen (secondary N) is 2. The van der Waals surface area contributed by atoms with Gasteiger partial charge in [0.2, 0.25) is 0 Å². The largest absolute Gasteiger partial charge is 0.482 e. The standard InChI is InChI=1S/C15H22N2O2/c1-15(2,3)16-8-4-5-11-6-7-13-12(9-11)17-14(18)10-19-13/h6-7,9,16H,4-5,8,10H2,1-3H3,(H,17,18). The third kappa shape index (κ3) is 4.24. The molecule has 0 saturated carbocycles. The molecule has 0 spiro atoms. The number of hydrogen-bond acceptors (Lipinski definition) is 3. The topological polar surface area (TPSA) is 50.4 Å². The minimum Gasteiger partial charge on any atom is -0.482 e. The van der Waals surface area contributed by atoms with E-state index in [0.717, 1.165) is 30.8 Å². The highest BCUT2D eigenvalue weighted by Crippen LogP contribution is 2.28. The number of benzene rings is 1. The van der Waals surface area contributed by atoms with E-state index in [0.29, 0.717) is 0 Å². The first kappa shape index (κ1) is 13.9. The summed E-state index contributed by atoms with van der Waals surface area (Å²) < 4.78 is 5.34. The van der Waals surface area contributed by atoms with Crippen molar-refractivity contribution in [3.63, 3.8) is 0 Å². The van der Waals surface area contributed by atoms with Gasteiger partial charge in [-0.1, -0.05) is 6.07 Å². The van der Waals surface area contributed by atoms with E-state index in [2.05, 4.69) is 37.5 Å². The van der Waals surface area contributed by atoms with E-state index in [9.17, 15) is 4.79 Å². The lowest BCUT2D eigenvalue weighted by atomic mass is 10.1. The van der Waals surface area contributed by atoms with Crippen LogP contribution >= 0.6 is 0 Å². The Kier molecular flexibility index (Phi) is 4.10. The third-order valence-corrected chi connectivity index (χ3v) is 2.97. The normalized spacial score (nSPS) is 14.6. The Labute approximate surface area is 114 Å². The fourth-order valence-corrected chi connectivity index (χ4v) is 2.04. The Bertz CT molecular complexity index is 464. The fraction of sp³-hybridized carbons (Fsp3) is 0.533. The highest BCUT2D eigenvalue weighted by atomic mass is 16.5. The average molecular weight is 262 g/mol. The van der Waals surface area contributed by atoms with E-state index in [1.165, 1.54) is 5.56 Å². The van der Waals surface area contributed by atoms with Crippen molar-refractivity contribution < 1.29 is 9.53 Å². The second kappa shape index (κ2) is 5.61. The molecule has 0 aromatic heterocycles. The first-order chi connectivity index (χ1) is 8.94. The molecule has 0 atom stereocenters. The van der Waals surface area contributed by atoms with Crippen molar-refractivity contribution in [1.29, 1.82) is 0 Å². The van der Waals surface area contributed by atoms with Crippen molar-refractivity contribution in [2.45, 2.75) is 39.2 Å². The maximum Gasteiger partial charge on any atom is 0.262 e. The molecule has 0 bridgehead atoms. The van der Waals surface area contributed by atoms with Crippen molar-refractivity contribution >= 4 is 11.6 Å². The lowest BCUT2D eigenvalue weighted by molar-refractivity contribution is -0.118. The quantitative estimate of drug-likeness (QED) is 0.819.